The molecule has 2 saturated carbocycles. The largest absolute Gasteiger partial charge is 0.488 e. The summed E-state index contributed by atoms with van der Waals surface area (Å²) in [5.41, 5.74) is 0. The molecular formula is C19H29NO2. The minimum absolute atomic E-state index is 0.0839. The summed E-state index contributed by atoms with van der Waals surface area (Å²) in [6.07, 6.45) is 10.5. The number of aliphatic hydroxyl groups is 1. The molecule has 0 aliphatic heterocycles. The normalized spacial score (nSPS) is 30.7. The van der Waals surface area contributed by atoms with Gasteiger partial charge >= 0.3 is 0 Å². The molecule has 0 bridgehead atoms. The third-order valence-corrected chi connectivity index (χ3v) is 5.13. The molecular weight excluding hydrogens is 274 g/mol. The second kappa shape index (κ2) is 7.98. The molecule has 3 atom stereocenters. The van der Waals surface area contributed by atoms with Crippen LogP contribution in [0.5, 0.6) is 5.75 Å². The Labute approximate surface area is 134 Å². The lowest BCUT2D eigenvalue weighted by molar-refractivity contribution is -0.0185. The van der Waals surface area contributed by atoms with E-state index in [2.05, 4.69) is 5.32 Å². The van der Waals surface area contributed by atoms with Crippen LogP contribution in [-0.2, 0) is 0 Å². The summed E-state index contributed by atoms with van der Waals surface area (Å²) >= 11 is 0. The third-order valence-electron chi connectivity index (χ3n) is 5.13. The van der Waals surface area contributed by atoms with E-state index in [0.717, 1.165) is 25.0 Å². The molecule has 2 N–H and O–H groups in total. The van der Waals surface area contributed by atoms with Crippen LogP contribution in [0.15, 0.2) is 30.3 Å². The van der Waals surface area contributed by atoms with Gasteiger partial charge in [-0.05, 0) is 44.2 Å². The van der Waals surface area contributed by atoms with Gasteiger partial charge in [-0.15, -0.1) is 0 Å². The first-order valence-corrected chi connectivity index (χ1v) is 8.99. The fraction of sp³-hybridized carbons (Fsp3) is 0.684. The van der Waals surface area contributed by atoms with Crippen molar-refractivity contribution in [2.24, 2.45) is 0 Å². The maximum Gasteiger partial charge on any atom is 0.126 e. The first-order valence-electron chi connectivity index (χ1n) is 8.99. The lowest BCUT2D eigenvalue weighted by Crippen LogP contribution is -2.53. The first-order chi connectivity index (χ1) is 10.8. The van der Waals surface area contributed by atoms with Crippen LogP contribution in [0.4, 0.5) is 0 Å². The number of benzene rings is 1. The maximum absolute atomic E-state index is 10.7. The minimum atomic E-state index is -0.405. The molecule has 3 heteroatoms. The summed E-state index contributed by atoms with van der Waals surface area (Å²) in [4.78, 5) is 0. The predicted octanol–water partition coefficient (Wildman–Crippen LogP) is 3.66. The molecule has 0 radical (unpaired) electrons. The molecule has 3 nitrogen and oxygen atoms in total. The van der Waals surface area contributed by atoms with E-state index in [0.29, 0.717) is 6.04 Å². The summed E-state index contributed by atoms with van der Waals surface area (Å²) in [5, 5.41) is 14.4. The van der Waals surface area contributed by atoms with E-state index in [9.17, 15) is 5.11 Å². The van der Waals surface area contributed by atoms with Crippen LogP contribution < -0.4 is 10.1 Å². The van der Waals surface area contributed by atoms with Crippen LogP contribution in [0.3, 0.4) is 0 Å². The highest BCUT2D eigenvalue weighted by Gasteiger charge is 2.34. The molecule has 2 aliphatic rings. The summed E-state index contributed by atoms with van der Waals surface area (Å²) in [6, 6.07) is 10.6. The van der Waals surface area contributed by atoms with Gasteiger partial charge < -0.3 is 15.2 Å². The second-order valence-electron chi connectivity index (χ2n) is 6.85. The SMILES string of the molecule is O[C@@H]1[C@@H](NC2CCCCCC2)CCC[C@H]1Oc1ccccc1. The quantitative estimate of drug-likeness (QED) is 0.834. The molecule has 0 aromatic heterocycles. The zero-order valence-electron chi connectivity index (χ0n) is 13.4. The molecule has 2 aliphatic carbocycles. The minimum Gasteiger partial charge on any atom is -0.488 e. The van der Waals surface area contributed by atoms with E-state index in [1.54, 1.807) is 0 Å². The lowest BCUT2D eigenvalue weighted by atomic mass is 9.88. The molecule has 3 rings (SSSR count). The van der Waals surface area contributed by atoms with Crippen molar-refractivity contribution < 1.29 is 9.84 Å². The van der Waals surface area contributed by atoms with Crippen LogP contribution in [-0.4, -0.2) is 29.4 Å². The van der Waals surface area contributed by atoms with Gasteiger partial charge in [0.05, 0.1) is 0 Å². The van der Waals surface area contributed by atoms with E-state index in [4.69, 9.17) is 4.74 Å². The van der Waals surface area contributed by atoms with Gasteiger partial charge in [0.2, 0.25) is 0 Å². The van der Waals surface area contributed by atoms with E-state index in [1.165, 1.54) is 38.5 Å². The highest BCUT2D eigenvalue weighted by atomic mass is 16.5. The lowest BCUT2D eigenvalue weighted by Gasteiger charge is -2.37. The smallest absolute Gasteiger partial charge is 0.126 e. The fourth-order valence-corrected chi connectivity index (χ4v) is 3.87. The van der Waals surface area contributed by atoms with E-state index in [-0.39, 0.29) is 12.1 Å². The van der Waals surface area contributed by atoms with Crippen LogP contribution in [0.2, 0.25) is 0 Å². The van der Waals surface area contributed by atoms with Gasteiger partial charge in [-0.2, -0.15) is 0 Å². The van der Waals surface area contributed by atoms with E-state index >= 15 is 0 Å². The highest BCUT2D eigenvalue weighted by Crippen LogP contribution is 2.26. The van der Waals surface area contributed by atoms with E-state index in [1.807, 2.05) is 30.3 Å². The second-order valence-corrected chi connectivity index (χ2v) is 6.85. The van der Waals surface area contributed by atoms with Crippen molar-refractivity contribution in [3.05, 3.63) is 30.3 Å². The standard InChI is InChI=1S/C19H29NO2/c21-19-17(20-15-9-4-1-2-5-10-15)13-8-14-18(19)22-16-11-6-3-7-12-16/h3,6-7,11-12,15,17-21H,1-2,4-5,8-10,13-14H2/t17-,18+,19+/m0/s1. The van der Waals surface area contributed by atoms with Gasteiger partial charge in [-0.25, -0.2) is 0 Å². The Morgan fingerprint density at radius 3 is 2.32 bits per heavy atom. The summed E-state index contributed by atoms with van der Waals surface area (Å²) in [7, 11) is 0. The Morgan fingerprint density at radius 2 is 1.59 bits per heavy atom. The molecule has 22 heavy (non-hydrogen) atoms. The Kier molecular flexibility index (Phi) is 5.74. The topological polar surface area (TPSA) is 41.5 Å². The Balaban J connectivity index is 1.56. The van der Waals surface area contributed by atoms with Gasteiger partial charge in [0.1, 0.15) is 18.0 Å². The van der Waals surface area contributed by atoms with Gasteiger partial charge in [0.15, 0.2) is 0 Å². The molecule has 0 saturated heterocycles. The van der Waals surface area contributed by atoms with Crippen molar-refractivity contribution in [3.8, 4) is 5.75 Å². The van der Waals surface area contributed by atoms with Crippen molar-refractivity contribution in [1.82, 2.24) is 5.32 Å². The zero-order chi connectivity index (χ0) is 15.2. The van der Waals surface area contributed by atoms with Crippen LogP contribution in [0.1, 0.15) is 57.8 Å². The van der Waals surface area contributed by atoms with Crippen molar-refractivity contribution >= 4 is 0 Å². The Hall–Kier alpha value is -1.06. The first kappa shape index (κ1) is 15.8. The van der Waals surface area contributed by atoms with Gasteiger partial charge in [-0.1, -0.05) is 43.9 Å². The highest BCUT2D eigenvalue weighted by molar-refractivity contribution is 5.21. The van der Waals surface area contributed by atoms with Crippen molar-refractivity contribution in [1.29, 1.82) is 0 Å². The average molecular weight is 303 g/mol. The summed E-state index contributed by atoms with van der Waals surface area (Å²) < 4.78 is 6.02. The molecule has 1 aromatic carbocycles. The predicted molar refractivity (Wildman–Crippen MR) is 89.1 cm³/mol. The van der Waals surface area contributed by atoms with Crippen LogP contribution in [0, 0.1) is 0 Å². The molecule has 2 fully saturated rings. The summed E-state index contributed by atoms with van der Waals surface area (Å²) in [5.74, 6) is 0.863. The summed E-state index contributed by atoms with van der Waals surface area (Å²) in [6.45, 7) is 0. The molecule has 1 aromatic rings. The number of para-hydroxylation sites is 1. The van der Waals surface area contributed by atoms with E-state index < -0.39 is 6.10 Å². The Morgan fingerprint density at radius 1 is 0.864 bits per heavy atom. The van der Waals surface area contributed by atoms with Gasteiger partial charge in [-0.3, -0.25) is 0 Å². The Bertz CT molecular complexity index is 428. The van der Waals surface area contributed by atoms with Crippen molar-refractivity contribution in [2.75, 3.05) is 0 Å². The van der Waals surface area contributed by atoms with Crippen molar-refractivity contribution in [3.63, 3.8) is 0 Å². The third kappa shape index (κ3) is 4.23. The monoisotopic (exact) mass is 303 g/mol. The van der Waals surface area contributed by atoms with Gasteiger partial charge in [0.25, 0.3) is 0 Å². The molecule has 0 spiro atoms. The van der Waals surface area contributed by atoms with Crippen LogP contribution >= 0.6 is 0 Å². The molecule has 0 unspecified atom stereocenters. The number of aliphatic hydroxyl groups excluding tert-OH is 1. The number of ether oxygens (including phenoxy) is 1. The number of hydrogen-bond donors (Lipinski definition) is 2. The number of hydrogen-bond acceptors (Lipinski definition) is 3. The van der Waals surface area contributed by atoms with Crippen LogP contribution in [0.25, 0.3) is 0 Å². The van der Waals surface area contributed by atoms with Crippen molar-refractivity contribution in [2.45, 2.75) is 82.1 Å². The molecule has 122 valence electrons. The molecule has 0 amide bonds. The average Bonchev–Trinajstić information content (AvgIpc) is 2.81. The maximum atomic E-state index is 10.7. The van der Waals surface area contributed by atoms with Gasteiger partial charge in [0, 0.05) is 12.1 Å². The zero-order valence-corrected chi connectivity index (χ0v) is 13.4. The number of rotatable bonds is 4. The number of nitrogens with one attached hydrogen (secondary N) is 1. The fourth-order valence-electron chi connectivity index (χ4n) is 3.87. The molecule has 0 heterocycles.